The van der Waals surface area contributed by atoms with E-state index in [0.717, 1.165) is 22.3 Å². The SMILES string of the molecule is COc1ccc(NC(=O)Nc2ccc(F)c([N+](=O)[O-])c2)cc1-c1c(Br)cnn1C. The normalized spacial score (nSPS) is 10.5. The maximum Gasteiger partial charge on any atom is 0.323 e. The highest BCUT2D eigenvalue weighted by atomic mass is 79.9. The van der Waals surface area contributed by atoms with Crippen molar-refractivity contribution in [3.8, 4) is 17.0 Å². The Labute approximate surface area is 172 Å². The third-order valence-corrected chi connectivity index (χ3v) is 4.59. The quantitative estimate of drug-likeness (QED) is 0.425. The Morgan fingerprint density at radius 2 is 1.90 bits per heavy atom. The van der Waals surface area contributed by atoms with Gasteiger partial charge in [0.1, 0.15) is 5.75 Å². The van der Waals surface area contributed by atoms with Gasteiger partial charge in [0.2, 0.25) is 5.82 Å². The van der Waals surface area contributed by atoms with Crippen LogP contribution in [0.4, 0.5) is 26.2 Å². The van der Waals surface area contributed by atoms with Crippen LogP contribution < -0.4 is 15.4 Å². The largest absolute Gasteiger partial charge is 0.496 e. The number of benzene rings is 2. The van der Waals surface area contributed by atoms with Crippen LogP contribution in [0.3, 0.4) is 0 Å². The first-order valence-electron chi connectivity index (χ1n) is 8.18. The van der Waals surface area contributed by atoms with Crippen LogP contribution in [0, 0.1) is 15.9 Å². The first kappa shape index (κ1) is 20.3. The third kappa shape index (κ3) is 4.35. The fourth-order valence-corrected chi connectivity index (χ4v) is 3.27. The number of nitro groups is 1. The van der Waals surface area contributed by atoms with Crippen LogP contribution in [0.2, 0.25) is 0 Å². The number of hydrogen-bond donors (Lipinski definition) is 2. The van der Waals surface area contributed by atoms with Gasteiger partial charge in [0.15, 0.2) is 0 Å². The average molecular weight is 464 g/mol. The van der Waals surface area contributed by atoms with E-state index >= 15 is 0 Å². The Bertz CT molecular complexity index is 1080. The van der Waals surface area contributed by atoms with E-state index in [0.29, 0.717) is 17.0 Å². The van der Waals surface area contributed by atoms with E-state index in [9.17, 15) is 19.3 Å². The van der Waals surface area contributed by atoms with Crippen molar-refractivity contribution in [2.45, 2.75) is 0 Å². The van der Waals surface area contributed by atoms with E-state index in [1.807, 2.05) is 0 Å². The molecule has 29 heavy (non-hydrogen) atoms. The van der Waals surface area contributed by atoms with Crippen molar-refractivity contribution >= 4 is 39.0 Å². The molecule has 0 spiro atoms. The van der Waals surface area contributed by atoms with Crippen LogP contribution in [-0.4, -0.2) is 27.8 Å². The predicted octanol–water partition coefficient (Wildman–Crippen LogP) is 4.55. The lowest BCUT2D eigenvalue weighted by atomic mass is 10.1. The van der Waals surface area contributed by atoms with Gasteiger partial charge in [0.05, 0.1) is 28.4 Å². The van der Waals surface area contributed by atoms with Crippen LogP contribution in [0.1, 0.15) is 0 Å². The Kier molecular flexibility index (Phi) is 5.78. The van der Waals surface area contributed by atoms with Crippen molar-refractivity contribution in [3.63, 3.8) is 0 Å². The van der Waals surface area contributed by atoms with Crippen LogP contribution >= 0.6 is 15.9 Å². The summed E-state index contributed by atoms with van der Waals surface area (Å²) in [5, 5.41) is 20.1. The monoisotopic (exact) mass is 463 g/mol. The number of carbonyl (C=O) groups is 1. The second-order valence-electron chi connectivity index (χ2n) is 5.88. The van der Waals surface area contributed by atoms with Gasteiger partial charge < -0.3 is 15.4 Å². The zero-order valence-corrected chi connectivity index (χ0v) is 16.9. The summed E-state index contributed by atoms with van der Waals surface area (Å²) in [5.41, 5.74) is 1.24. The summed E-state index contributed by atoms with van der Waals surface area (Å²) in [6, 6.07) is 7.47. The van der Waals surface area contributed by atoms with Crippen molar-refractivity contribution < 1.29 is 18.8 Å². The third-order valence-electron chi connectivity index (χ3n) is 4.01. The minimum Gasteiger partial charge on any atom is -0.496 e. The molecular formula is C18H15BrFN5O4. The number of methoxy groups -OCH3 is 1. The van der Waals surface area contributed by atoms with E-state index in [1.54, 1.807) is 36.1 Å². The molecule has 11 heteroatoms. The minimum atomic E-state index is -0.984. The highest BCUT2D eigenvalue weighted by Crippen LogP contribution is 2.36. The number of carbonyl (C=O) groups excluding carboxylic acids is 1. The van der Waals surface area contributed by atoms with Crippen LogP contribution in [0.25, 0.3) is 11.3 Å². The zero-order chi connectivity index (χ0) is 21.1. The molecule has 1 aromatic heterocycles. The Balaban J connectivity index is 1.84. The molecule has 0 atom stereocenters. The molecule has 9 nitrogen and oxygen atoms in total. The molecule has 0 saturated heterocycles. The van der Waals surface area contributed by atoms with Crippen LogP contribution in [-0.2, 0) is 7.05 Å². The summed E-state index contributed by atoms with van der Waals surface area (Å²) in [6.07, 6.45) is 1.64. The number of hydrogen-bond acceptors (Lipinski definition) is 5. The van der Waals surface area contributed by atoms with Gasteiger partial charge in [-0.15, -0.1) is 0 Å². The molecule has 1 heterocycles. The van der Waals surface area contributed by atoms with E-state index in [4.69, 9.17) is 4.74 Å². The summed E-state index contributed by atoms with van der Waals surface area (Å²) in [6.45, 7) is 0. The van der Waals surface area contributed by atoms with E-state index in [2.05, 4.69) is 31.7 Å². The lowest BCUT2D eigenvalue weighted by molar-refractivity contribution is -0.387. The highest BCUT2D eigenvalue weighted by Gasteiger charge is 2.17. The lowest BCUT2D eigenvalue weighted by Crippen LogP contribution is -2.19. The van der Waals surface area contributed by atoms with Crippen molar-refractivity contribution in [1.29, 1.82) is 0 Å². The summed E-state index contributed by atoms with van der Waals surface area (Å²) < 4.78 is 21.2. The van der Waals surface area contributed by atoms with E-state index < -0.39 is 22.5 Å². The summed E-state index contributed by atoms with van der Waals surface area (Å²) in [5.74, 6) is -0.406. The molecule has 0 unspecified atom stereocenters. The summed E-state index contributed by atoms with van der Waals surface area (Å²) in [7, 11) is 3.30. The van der Waals surface area contributed by atoms with Gasteiger partial charge in [0, 0.05) is 30.1 Å². The Hall–Kier alpha value is -3.47. The first-order valence-corrected chi connectivity index (χ1v) is 8.97. The molecule has 0 bridgehead atoms. The topological polar surface area (TPSA) is 111 Å². The Morgan fingerprint density at radius 3 is 2.48 bits per heavy atom. The molecule has 150 valence electrons. The summed E-state index contributed by atoms with van der Waals surface area (Å²) in [4.78, 5) is 22.3. The van der Waals surface area contributed by atoms with Gasteiger partial charge in [0.25, 0.3) is 0 Å². The van der Waals surface area contributed by atoms with Gasteiger partial charge in [-0.1, -0.05) is 0 Å². The minimum absolute atomic E-state index is 0.0821. The number of nitro benzene ring substituents is 1. The molecule has 3 rings (SSSR count). The molecule has 2 N–H and O–H groups in total. The molecule has 2 aromatic carbocycles. The number of ether oxygens (including phenoxy) is 1. The molecule has 0 fully saturated rings. The summed E-state index contributed by atoms with van der Waals surface area (Å²) >= 11 is 3.44. The van der Waals surface area contributed by atoms with Crippen molar-refractivity contribution in [1.82, 2.24) is 9.78 Å². The standard InChI is InChI=1S/C18H15BrFN5O4/c1-24-17(13(19)9-21-24)12-7-10(4-6-16(12)29-2)22-18(26)23-11-3-5-14(20)15(8-11)25(27)28/h3-9H,1-2H3,(H2,22,23,26). The lowest BCUT2D eigenvalue weighted by Gasteiger charge is -2.13. The zero-order valence-electron chi connectivity index (χ0n) is 15.3. The van der Waals surface area contributed by atoms with Crippen molar-refractivity contribution in [3.05, 3.63) is 63.0 Å². The Morgan fingerprint density at radius 1 is 1.24 bits per heavy atom. The fourth-order valence-electron chi connectivity index (χ4n) is 2.71. The molecule has 2 amide bonds. The van der Waals surface area contributed by atoms with Crippen LogP contribution in [0.15, 0.2) is 47.1 Å². The van der Waals surface area contributed by atoms with Gasteiger partial charge >= 0.3 is 11.7 Å². The maximum absolute atomic E-state index is 13.4. The number of rotatable bonds is 5. The number of aromatic nitrogens is 2. The molecule has 0 aliphatic heterocycles. The number of nitrogens with one attached hydrogen (secondary N) is 2. The number of amides is 2. The highest BCUT2D eigenvalue weighted by molar-refractivity contribution is 9.10. The van der Waals surface area contributed by atoms with Crippen LogP contribution in [0.5, 0.6) is 5.75 Å². The van der Waals surface area contributed by atoms with E-state index in [-0.39, 0.29) is 5.69 Å². The maximum atomic E-state index is 13.4. The molecule has 0 aliphatic carbocycles. The second-order valence-corrected chi connectivity index (χ2v) is 6.74. The average Bonchev–Trinajstić information content (AvgIpc) is 3.01. The molecule has 0 radical (unpaired) electrons. The van der Waals surface area contributed by atoms with Gasteiger partial charge in [-0.3, -0.25) is 14.8 Å². The van der Waals surface area contributed by atoms with Crippen molar-refractivity contribution in [2.24, 2.45) is 7.05 Å². The number of anilines is 2. The number of nitrogens with zero attached hydrogens (tertiary/aromatic N) is 3. The number of urea groups is 1. The number of halogens is 2. The van der Waals surface area contributed by atoms with Crippen molar-refractivity contribution in [2.75, 3.05) is 17.7 Å². The van der Waals surface area contributed by atoms with Gasteiger partial charge in [-0.25, -0.2) is 4.79 Å². The smallest absolute Gasteiger partial charge is 0.323 e. The number of aryl methyl sites for hydroxylation is 1. The molecular weight excluding hydrogens is 449 g/mol. The predicted molar refractivity (Wildman–Crippen MR) is 109 cm³/mol. The molecule has 0 aliphatic rings. The van der Waals surface area contributed by atoms with Gasteiger partial charge in [-0.2, -0.15) is 9.49 Å². The molecule has 0 saturated carbocycles. The van der Waals surface area contributed by atoms with E-state index in [1.165, 1.54) is 13.2 Å². The van der Waals surface area contributed by atoms with Gasteiger partial charge in [-0.05, 0) is 46.3 Å². The fraction of sp³-hybridized carbons (Fsp3) is 0.111. The first-order chi connectivity index (χ1) is 13.8. The second kappa shape index (κ2) is 8.27. The molecule has 3 aromatic rings.